The number of hydrogen-bond acceptors (Lipinski definition) is 3. The van der Waals surface area contributed by atoms with Gasteiger partial charge < -0.3 is 10.6 Å². The van der Waals surface area contributed by atoms with Gasteiger partial charge in [-0.3, -0.25) is 4.79 Å². The number of carbonyl (C=O) groups excluding carboxylic acids is 1. The molecule has 4 heteroatoms. The molecule has 1 aliphatic carbocycles. The van der Waals surface area contributed by atoms with Crippen LogP contribution in [0.25, 0.3) is 0 Å². The molecule has 96 valence electrons. The zero-order valence-electron chi connectivity index (χ0n) is 10.7. The number of nitrogens with zero attached hydrogens (tertiary/aromatic N) is 1. The molecule has 17 heavy (non-hydrogen) atoms. The van der Waals surface area contributed by atoms with Crippen LogP contribution in [0.1, 0.15) is 45.4 Å². The van der Waals surface area contributed by atoms with Gasteiger partial charge in [0.2, 0.25) is 5.91 Å². The summed E-state index contributed by atoms with van der Waals surface area (Å²) in [6.07, 6.45) is 7.88. The van der Waals surface area contributed by atoms with Crippen LogP contribution in [-0.2, 0) is 4.79 Å². The van der Waals surface area contributed by atoms with Crippen LogP contribution in [0.2, 0.25) is 0 Å². The number of amides is 1. The Morgan fingerprint density at radius 3 is 2.59 bits per heavy atom. The lowest BCUT2D eigenvalue weighted by Gasteiger charge is -2.23. The number of nitriles is 1. The van der Waals surface area contributed by atoms with Gasteiger partial charge in [-0.25, -0.2) is 0 Å². The molecule has 1 fully saturated rings. The van der Waals surface area contributed by atoms with Crippen LogP contribution in [0.15, 0.2) is 0 Å². The van der Waals surface area contributed by atoms with E-state index in [1.165, 1.54) is 38.5 Å². The standard InChI is InChI=1S/C13H23N3O/c1-11(12-6-4-2-3-5-7-12)16-10-13(17)15-9-8-14/h11-12,16H,2-7,9-10H2,1H3,(H,15,17)/t11-/m1/s1. The Morgan fingerprint density at radius 1 is 1.35 bits per heavy atom. The zero-order valence-corrected chi connectivity index (χ0v) is 10.7. The fraction of sp³-hybridized carbons (Fsp3) is 0.846. The fourth-order valence-electron chi connectivity index (χ4n) is 2.43. The Kier molecular flexibility index (Phi) is 6.64. The van der Waals surface area contributed by atoms with Crippen molar-refractivity contribution < 1.29 is 4.79 Å². The molecule has 1 amide bonds. The first-order valence-electron chi connectivity index (χ1n) is 6.61. The van der Waals surface area contributed by atoms with Gasteiger partial charge >= 0.3 is 0 Å². The number of nitrogens with one attached hydrogen (secondary N) is 2. The minimum atomic E-state index is -0.0907. The van der Waals surface area contributed by atoms with Crippen molar-refractivity contribution in [1.82, 2.24) is 10.6 Å². The van der Waals surface area contributed by atoms with Gasteiger partial charge in [-0.2, -0.15) is 5.26 Å². The van der Waals surface area contributed by atoms with Gasteiger partial charge in [-0.15, -0.1) is 0 Å². The summed E-state index contributed by atoms with van der Waals surface area (Å²) < 4.78 is 0. The lowest BCUT2D eigenvalue weighted by Crippen LogP contribution is -2.41. The first-order chi connectivity index (χ1) is 8.24. The van der Waals surface area contributed by atoms with Crippen LogP contribution in [0, 0.1) is 17.2 Å². The molecule has 1 rings (SSSR count). The highest BCUT2D eigenvalue weighted by Gasteiger charge is 2.18. The fourth-order valence-corrected chi connectivity index (χ4v) is 2.43. The van der Waals surface area contributed by atoms with E-state index in [-0.39, 0.29) is 12.5 Å². The summed E-state index contributed by atoms with van der Waals surface area (Å²) >= 11 is 0. The molecule has 1 aliphatic rings. The minimum Gasteiger partial charge on any atom is -0.342 e. The van der Waals surface area contributed by atoms with Crippen LogP contribution in [0.5, 0.6) is 0 Å². The van der Waals surface area contributed by atoms with Gasteiger partial charge in [0.05, 0.1) is 12.6 Å². The second kappa shape index (κ2) is 8.08. The van der Waals surface area contributed by atoms with E-state index in [2.05, 4.69) is 17.6 Å². The Bertz CT molecular complexity index is 264. The van der Waals surface area contributed by atoms with Crippen LogP contribution < -0.4 is 10.6 Å². The van der Waals surface area contributed by atoms with E-state index in [1.807, 2.05) is 6.07 Å². The molecule has 0 bridgehead atoms. The molecule has 0 radical (unpaired) electrons. The summed E-state index contributed by atoms with van der Waals surface area (Å²) in [4.78, 5) is 11.3. The summed E-state index contributed by atoms with van der Waals surface area (Å²) in [5.74, 6) is 0.605. The first-order valence-corrected chi connectivity index (χ1v) is 6.61. The Morgan fingerprint density at radius 2 is 2.00 bits per heavy atom. The maximum atomic E-state index is 11.3. The molecule has 0 spiro atoms. The number of carbonyl (C=O) groups is 1. The summed E-state index contributed by atoms with van der Waals surface area (Å²) in [6, 6.07) is 2.29. The van der Waals surface area contributed by atoms with Crippen LogP contribution >= 0.6 is 0 Å². The van der Waals surface area contributed by atoms with Gasteiger partial charge in [-0.05, 0) is 25.7 Å². The summed E-state index contributed by atoms with van der Waals surface area (Å²) in [6.45, 7) is 2.57. The van der Waals surface area contributed by atoms with E-state index >= 15 is 0 Å². The quantitative estimate of drug-likeness (QED) is 0.563. The topological polar surface area (TPSA) is 64.9 Å². The molecule has 0 aromatic carbocycles. The van der Waals surface area contributed by atoms with E-state index < -0.39 is 0 Å². The van der Waals surface area contributed by atoms with Crippen molar-refractivity contribution in [2.24, 2.45) is 5.92 Å². The second-order valence-corrected chi connectivity index (χ2v) is 4.86. The number of hydrogen-bond donors (Lipinski definition) is 2. The lowest BCUT2D eigenvalue weighted by molar-refractivity contribution is -0.120. The van der Waals surface area contributed by atoms with Crippen molar-refractivity contribution in [3.63, 3.8) is 0 Å². The maximum absolute atomic E-state index is 11.3. The molecule has 2 N–H and O–H groups in total. The molecule has 4 nitrogen and oxygen atoms in total. The van der Waals surface area contributed by atoms with Gasteiger partial charge in [0, 0.05) is 6.04 Å². The molecule has 0 saturated heterocycles. The molecule has 1 saturated carbocycles. The van der Waals surface area contributed by atoms with Crippen molar-refractivity contribution in [1.29, 1.82) is 5.26 Å². The predicted octanol–water partition coefficient (Wildman–Crippen LogP) is 1.57. The van der Waals surface area contributed by atoms with Gasteiger partial charge in [0.1, 0.15) is 6.54 Å². The predicted molar refractivity (Wildman–Crippen MR) is 67.3 cm³/mol. The highest BCUT2D eigenvalue weighted by molar-refractivity contribution is 5.78. The minimum absolute atomic E-state index is 0.0907. The van der Waals surface area contributed by atoms with Crippen LogP contribution in [0.3, 0.4) is 0 Å². The first kappa shape index (κ1) is 14.0. The molecule has 0 aliphatic heterocycles. The van der Waals surface area contributed by atoms with Crippen molar-refractivity contribution in [3.05, 3.63) is 0 Å². The molecule has 0 aromatic rings. The Labute approximate surface area is 104 Å². The van der Waals surface area contributed by atoms with Gasteiger partial charge in [0.15, 0.2) is 0 Å². The van der Waals surface area contributed by atoms with Crippen molar-refractivity contribution in [2.45, 2.75) is 51.5 Å². The maximum Gasteiger partial charge on any atom is 0.234 e. The summed E-state index contributed by atoms with van der Waals surface area (Å²) in [5.41, 5.74) is 0. The van der Waals surface area contributed by atoms with E-state index in [1.54, 1.807) is 0 Å². The molecule has 0 unspecified atom stereocenters. The monoisotopic (exact) mass is 237 g/mol. The largest absolute Gasteiger partial charge is 0.342 e. The van der Waals surface area contributed by atoms with E-state index in [4.69, 9.17) is 5.26 Å². The summed E-state index contributed by atoms with van der Waals surface area (Å²) in [5, 5.41) is 14.2. The Hall–Kier alpha value is -1.08. The smallest absolute Gasteiger partial charge is 0.234 e. The second-order valence-electron chi connectivity index (χ2n) is 4.86. The van der Waals surface area contributed by atoms with Gasteiger partial charge in [0.25, 0.3) is 0 Å². The van der Waals surface area contributed by atoms with E-state index in [9.17, 15) is 4.79 Å². The third-order valence-corrected chi connectivity index (χ3v) is 3.56. The normalized spacial score (nSPS) is 19.1. The molecule has 0 heterocycles. The zero-order chi connectivity index (χ0) is 12.5. The van der Waals surface area contributed by atoms with Crippen molar-refractivity contribution in [2.75, 3.05) is 13.1 Å². The summed E-state index contributed by atoms with van der Waals surface area (Å²) in [7, 11) is 0. The Balaban J connectivity index is 2.21. The third kappa shape index (κ3) is 5.69. The van der Waals surface area contributed by atoms with E-state index in [0.717, 1.165) is 0 Å². The molecule has 0 aromatic heterocycles. The molecule has 1 atom stereocenters. The molecular formula is C13H23N3O. The van der Waals surface area contributed by atoms with Crippen molar-refractivity contribution >= 4 is 5.91 Å². The van der Waals surface area contributed by atoms with Crippen molar-refractivity contribution in [3.8, 4) is 6.07 Å². The highest BCUT2D eigenvalue weighted by Crippen LogP contribution is 2.25. The highest BCUT2D eigenvalue weighted by atomic mass is 16.1. The average Bonchev–Trinajstić information content (AvgIpc) is 2.62. The van der Waals surface area contributed by atoms with E-state index in [0.29, 0.717) is 18.5 Å². The number of rotatable bonds is 5. The van der Waals surface area contributed by atoms with Gasteiger partial charge in [-0.1, -0.05) is 25.7 Å². The average molecular weight is 237 g/mol. The third-order valence-electron chi connectivity index (χ3n) is 3.56. The van der Waals surface area contributed by atoms with Crippen LogP contribution in [0.4, 0.5) is 0 Å². The SMILES string of the molecule is C[C@@H](NCC(=O)NCC#N)C1CCCCCC1. The van der Waals surface area contributed by atoms with Crippen LogP contribution in [-0.4, -0.2) is 25.0 Å². The molecular weight excluding hydrogens is 214 g/mol. The lowest BCUT2D eigenvalue weighted by atomic mass is 9.93.